The van der Waals surface area contributed by atoms with Gasteiger partial charge >= 0.3 is 0 Å². The third-order valence-electron chi connectivity index (χ3n) is 4.40. The van der Waals surface area contributed by atoms with E-state index < -0.39 is 0 Å². The highest BCUT2D eigenvalue weighted by atomic mass is 32.1. The first kappa shape index (κ1) is 18.0. The number of ether oxygens (including phenoxy) is 1. The van der Waals surface area contributed by atoms with Gasteiger partial charge in [-0.25, -0.2) is 0 Å². The monoisotopic (exact) mass is 370 g/mol. The highest BCUT2D eigenvalue weighted by Crippen LogP contribution is 2.22. The molecule has 1 atom stereocenters. The number of nitrogens with zero attached hydrogens (tertiary/aromatic N) is 1. The first-order chi connectivity index (χ1) is 12.6. The number of carbonyl (C=O) groups is 1. The Labute approximate surface area is 158 Å². The maximum atomic E-state index is 12.4. The molecule has 0 aromatic heterocycles. The van der Waals surface area contributed by atoms with Crippen molar-refractivity contribution >= 4 is 40.4 Å². The number of nitrogens with two attached hydrogens (primary N) is 1. The average Bonchev–Trinajstić information content (AvgIpc) is 3.12. The number of thiocarbonyl (C=S) groups is 1. The molecular formula is C19H22N4O2S. The summed E-state index contributed by atoms with van der Waals surface area (Å²) in [4.78, 5) is 14.6. The van der Waals surface area contributed by atoms with Crippen LogP contribution in [-0.2, 0) is 4.74 Å². The van der Waals surface area contributed by atoms with Crippen LogP contribution in [0.1, 0.15) is 16.8 Å². The Kier molecular flexibility index (Phi) is 5.58. The van der Waals surface area contributed by atoms with Crippen LogP contribution in [0, 0.1) is 0 Å². The minimum atomic E-state index is -0.180. The molecule has 4 N–H and O–H groups in total. The second-order valence-corrected chi connectivity index (χ2v) is 6.53. The molecule has 26 heavy (non-hydrogen) atoms. The maximum Gasteiger partial charge on any atom is 0.256 e. The molecule has 1 amide bonds. The zero-order valence-corrected chi connectivity index (χ0v) is 15.4. The molecule has 3 rings (SSSR count). The van der Waals surface area contributed by atoms with Gasteiger partial charge in [-0.3, -0.25) is 4.79 Å². The van der Waals surface area contributed by atoms with Gasteiger partial charge in [-0.15, -0.1) is 0 Å². The van der Waals surface area contributed by atoms with Crippen molar-refractivity contribution in [2.75, 3.05) is 36.1 Å². The summed E-state index contributed by atoms with van der Waals surface area (Å²) in [6, 6.07) is 15.0. The molecule has 0 bridgehead atoms. The average molecular weight is 370 g/mol. The Bertz CT molecular complexity index is 794. The number of hydrogen-bond donors (Lipinski definition) is 3. The molecule has 0 aliphatic carbocycles. The fraction of sp³-hybridized carbons (Fsp3) is 0.263. The lowest BCUT2D eigenvalue weighted by Crippen LogP contribution is -2.36. The molecule has 0 saturated carbocycles. The summed E-state index contributed by atoms with van der Waals surface area (Å²) in [5.74, 6) is -0.180. The largest absolute Gasteiger partial charge is 0.474 e. The quantitative estimate of drug-likeness (QED) is 0.567. The molecule has 1 aliphatic heterocycles. The molecule has 1 unspecified atom stereocenters. The van der Waals surface area contributed by atoms with Crippen LogP contribution in [0.4, 0.5) is 17.1 Å². The lowest BCUT2D eigenvalue weighted by Gasteiger charge is -2.19. The number of anilines is 3. The van der Waals surface area contributed by atoms with Gasteiger partial charge in [0.25, 0.3) is 11.1 Å². The van der Waals surface area contributed by atoms with Gasteiger partial charge in [-0.2, -0.15) is 0 Å². The van der Waals surface area contributed by atoms with Crippen molar-refractivity contribution in [3.63, 3.8) is 0 Å². The van der Waals surface area contributed by atoms with Crippen molar-refractivity contribution in [1.82, 2.24) is 5.32 Å². The van der Waals surface area contributed by atoms with E-state index in [1.807, 2.05) is 36.4 Å². The zero-order chi connectivity index (χ0) is 18.5. The minimum absolute atomic E-state index is 0.180. The molecule has 136 valence electrons. The van der Waals surface area contributed by atoms with E-state index >= 15 is 0 Å². The van der Waals surface area contributed by atoms with Gasteiger partial charge < -0.3 is 26.0 Å². The van der Waals surface area contributed by atoms with Gasteiger partial charge in [0.2, 0.25) is 0 Å². The van der Waals surface area contributed by atoms with Crippen LogP contribution >= 0.6 is 12.2 Å². The Morgan fingerprint density at radius 2 is 1.96 bits per heavy atom. The minimum Gasteiger partial charge on any atom is -0.474 e. The maximum absolute atomic E-state index is 12.4. The van der Waals surface area contributed by atoms with Crippen LogP contribution in [0.15, 0.2) is 48.5 Å². The van der Waals surface area contributed by atoms with Crippen LogP contribution in [-0.4, -0.2) is 37.3 Å². The molecule has 2 aromatic carbocycles. The number of carbonyl (C=O) groups excluding carboxylic acids is 1. The summed E-state index contributed by atoms with van der Waals surface area (Å²) in [6.45, 7) is 1.77. The highest BCUT2D eigenvalue weighted by molar-refractivity contribution is 7.80. The SMILES string of the molecule is COC(=S)NC1CCN(c2ccc(C(=O)Nc3ccccc3N)cc2)C1. The number of nitrogen functional groups attached to an aromatic ring is 1. The highest BCUT2D eigenvalue weighted by Gasteiger charge is 2.23. The zero-order valence-electron chi connectivity index (χ0n) is 14.6. The number of amides is 1. The number of nitrogens with one attached hydrogen (secondary N) is 2. The molecular weight excluding hydrogens is 348 g/mol. The molecule has 6 nitrogen and oxygen atoms in total. The van der Waals surface area contributed by atoms with Crippen molar-refractivity contribution in [2.24, 2.45) is 0 Å². The van der Waals surface area contributed by atoms with Gasteiger partial charge in [0.15, 0.2) is 0 Å². The summed E-state index contributed by atoms with van der Waals surface area (Å²) >= 11 is 5.05. The van der Waals surface area contributed by atoms with E-state index in [-0.39, 0.29) is 11.9 Å². The standard InChI is InChI=1S/C19H22N4O2S/c1-25-19(26)21-14-10-11-23(12-14)15-8-6-13(7-9-15)18(24)22-17-5-3-2-4-16(17)20/h2-9,14H,10-12,20H2,1H3,(H,21,26)(H,22,24). The van der Waals surface area contributed by atoms with E-state index in [0.29, 0.717) is 22.1 Å². The van der Waals surface area contributed by atoms with Crippen LogP contribution in [0.2, 0.25) is 0 Å². The Balaban J connectivity index is 1.61. The van der Waals surface area contributed by atoms with E-state index in [0.717, 1.165) is 25.2 Å². The molecule has 2 aromatic rings. The third-order valence-corrected chi connectivity index (χ3v) is 4.68. The number of rotatable bonds is 4. The van der Waals surface area contributed by atoms with Crippen LogP contribution in [0.3, 0.4) is 0 Å². The van der Waals surface area contributed by atoms with Crippen molar-refractivity contribution in [1.29, 1.82) is 0 Å². The fourth-order valence-electron chi connectivity index (χ4n) is 2.97. The smallest absolute Gasteiger partial charge is 0.256 e. The molecule has 1 heterocycles. The summed E-state index contributed by atoms with van der Waals surface area (Å²) in [7, 11) is 1.56. The normalized spacial score (nSPS) is 16.2. The molecule has 7 heteroatoms. The summed E-state index contributed by atoms with van der Waals surface area (Å²) < 4.78 is 5.00. The predicted octanol–water partition coefficient (Wildman–Crippen LogP) is 2.62. The van der Waals surface area contributed by atoms with E-state index in [1.165, 1.54) is 0 Å². The van der Waals surface area contributed by atoms with Crippen LogP contribution in [0.5, 0.6) is 0 Å². The van der Waals surface area contributed by atoms with Gasteiger partial charge in [0, 0.05) is 30.4 Å². The lowest BCUT2D eigenvalue weighted by atomic mass is 10.1. The van der Waals surface area contributed by atoms with E-state index in [1.54, 1.807) is 19.2 Å². The Morgan fingerprint density at radius 3 is 2.65 bits per heavy atom. The summed E-state index contributed by atoms with van der Waals surface area (Å²) in [5, 5.41) is 6.44. The van der Waals surface area contributed by atoms with Gasteiger partial charge in [0.05, 0.1) is 18.5 Å². The number of hydrogen-bond acceptors (Lipinski definition) is 5. The summed E-state index contributed by atoms with van der Waals surface area (Å²) in [6.07, 6.45) is 0.985. The Morgan fingerprint density at radius 1 is 1.23 bits per heavy atom. The van der Waals surface area contributed by atoms with Crippen LogP contribution < -0.4 is 21.3 Å². The van der Waals surface area contributed by atoms with Crippen molar-refractivity contribution in [3.05, 3.63) is 54.1 Å². The first-order valence-electron chi connectivity index (χ1n) is 8.42. The second-order valence-electron chi connectivity index (χ2n) is 6.16. The van der Waals surface area contributed by atoms with E-state index in [9.17, 15) is 4.79 Å². The number of para-hydroxylation sites is 2. The van der Waals surface area contributed by atoms with Gasteiger partial charge in [0.1, 0.15) is 0 Å². The second kappa shape index (κ2) is 8.05. The van der Waals surface area contributed by atoms with Gasteiger partial charge in [-0.1, -0.05) is 12.1 Å². The number of benzene rings is 2. The van der Waals surface area contributed by atoms with Crippen molar-refractivity contribution in [3.8, 4) is 0 Å². The van der Waals surface area contributed by atoms with E-state index in [2.05, 4.69) is 15.5 Å². The molecule has 0 radical (unpaired) electrons. The topological polar surface area (TPSA) is 79.6 Å². The molecule has 1 saturated heterocycles. The van der Waals surface area contributed by atoms with Gasteiger partial charge in [-0.05, 0) is 55.0 Å². The summed E-state index contributed by atoms with van der Waals surface area (Å²) in [5.41, 5.74) is 8.69. The van der Waals surface area contributed by atoms with Crippen LogP contribution in [0.25, 0.3) is 0 Å². The van der Waals surface area contributed by atoms with Crippen molar-refractivity contribution < 1.29 is 9.53 Å². The first-order valence-corrected chi connectivity index (χ1v) is 8.83. The molecule has 1 aliphatic rings. The van der Waals surface area contributed by atoms with E-state index in [4.69, 9.17) is 22.7 Å². The Hall–Kier alpha value is -2.80. The third kappa shape index (κ3) is 4.23. The molecule has 1 fully saturated rings. The lowest BCUT2D eigenvalue weighted by molar-refractivity contribution is 0.102. The van der Waals surface area contributed by atoms with Crippen molar-refractivity contribution in [2.45, 2.75) is 12.5 Å². The predicted molar refractivity (Wildman–Crippen MR) is 109 cm³/mol. The molecule has 0 spiro atoms. The fourth-order valence-corrected chi connectivity index (χ4v) is 3.13. The number of methoxy groups -OCH3 is 1.